The molecular formula is C8H7ClFNO. The first-order valence-corrected chi connectivity index (χ1v) is 3.65. The highest BCUT2D eigenvalue weighted by Crippen LogP contribution is 2.22. The second-order valence-electron chi connectivity index (χ2n) is 2.41. The summed E-state index contributed by atoms with van der Waals surface area (Å²) in [4.78, 5) is 10.8. The minimum absolute atomic E-state index is 0.0509. The Morgan fingerprint density at radius 2 is 2.17 bits per heavy atom. The molecule has 0 saturated carbocycles. The second-order valence-corrected chi connectivity index (χ2v) is 2.82. The van der Waals surface area contributed by atoms with Crippen LogP contribution in [-0.4, -0.2) is 5.78 Å². The van der Waals surface area contributed by atoms with E-state index in [4.69, 9.17) is 17.3 Å². The monoisotopic (exact) mass is 187 g/mol. The molecule has 1 aromatic carbocycles. The highest BCUT2D eigenvalue weighted by Gasteiger charge is 2.09. The third kappa shape index (κ3) is 1.56. The molecule has 0 heterocycles. The fourth-order valence-corrected chi connectivity index (χ4v) is 1.14. The Hall–Kier alpha value is -1.09. The van der Waals surface area contributed by atoms with Crippen molar-refractivity contribution in [3.05, 3.63) is 28.5 Å². The number of hydrogen-bond donors (Lipinski definition) is 1. The minimum Gasteiger partial charge on any atom is -0.396 e. The van der Waals surface area contributed by atoms with Crippen LogP contribution in [0.2, 0.25) is 5.02 Å². The predicted octanol–water partition coefficient (Wildman–Crippen LogP) is 2.26. The summed E-state index contributed by atoms with van der Waals surface area (Å²) in [6, 6.07) is 2.27. The van der Waals surface area contributed by atoms with E-state index in [9.17, 15) is 9.18 Å². The SMILES string of the molecule is CC(=O)c1cc(F)c(N)cc1Cl. The minimum atomic E-state index is -0.621. The molecule has 0 radical (unpaired) electrons. The molecule has 1 aromatic rings. The maximum absolute atomic E-state index is 12.8. The van der Waals surface area contributed by atoms with E-state index in [1.807, 2.05) is 0 Å². The number of benzene rings is 1. The zero-order chi connectivity index (χ0) is 9.30. The molecule has 0 fully saturated rings. The van der Waals surface area contributed by atoms with Crippen molar-refractivity contribution >= 4 is 23.1 Å². The fourth-order valence-electron chi connectivity index (χ4n) is 0.832. The third-order valence-corrected chi connectivity index (χ3v) is 1.78. The van der Waals surface area contributed by atoms with Gasteiger partial charge in [0.05, 0.1) is 10.7 Å². The average molecular weight is 188 g/mol. The molecule has 0 saturated heterocycles. The van der Waals surface area contributed by atoms with Gasteiger partial charge in [-0.1, -0.05) is 11.6 Å². The van der Waals surface area contributed by atoms with Crippen LogP contribution < -0.4 is 5.73 Å². The molecule has 0 amide bonds. The highest BCUT2D eigenvalue weighted by molar-refractivity contribution is 6.34. The zero-order valence-electron chi connectivity index (χ0n) is 6.40. The first kappa shape index (κ1) is 9.00. The number of carbonyl (C=O) groups is 1. The fraction of sp³-hybridized carbons (Fsp3) is 0.125. The largest absolute Gasteiger partial charge is 0.396 e. The number of hydrogen-bond acceptors (Lipinski definition) is 2. The summed E-state index contributed by atoms with van der Waals surface area (Å²) < 4.78 is 12.8. The van der Waals surface area contributed by atoms with Crippen LogP contribution in [0.5, 0.6) is 0 Å². The molecule has 0 aliphatic rings. The molecule has 0 aromatic heterocycles. The van der Waals surface area contributed by atoms with Gasteiger partial charge in [-0.3, -0.25) is 4.79 Å². The van der Waals surface area contributed by atoms with Crippen LogP contribution >= 0.6 is 11.6 Å². The van der Waals surface area contributed by atoms with E-state index in [-0.39, 0.29) is 22.1 Å². The number of Topliss-reactive ketones (excluding diaryl/α,β-unsaturated/α-hetero) is 1. The molecule has 2 nitrogen and oxygen atoms in total. The van der Waals surface area contributed by atoms with E-state index in [1.165, 1.54) is 13.0 Å². The van der Waals surface area contributed by atoms with E-state index in [0.717, 1.165) is 6.07 Å². The summed E-state index contributed by atoms with van der Waals surface area (Å²) >= 11 is 5.63. The summed E-state index contributed by atoms with van der Waals surface area (Å²) in [7, 11) is 0. The maximum atomic E-state index is 12.8. The zero-order valence-corrected chi connectivity index (χ0v) is 7.15. The number of rotatable bonds is 1. The predicted molar refractivity (Wildman–Crippen MR) is 45.8 cm³/mol. The van der Waals surface area contributed by atoms with Gasteiger partial charge in [0, 0.05) is 5.56 Å². The second kappa shape index (κ2) is 3.11. The van der Waals surface area contributed by atoms with Crippen molar-refractivity contribution in [3.8, 4) is 0 Å². The van der Waals surface area contributed by atoms with Gasteiger partial charge in [-0.2, -0.15) is 0 Å². The Labute approximate surface area is 74.1 Å². The van der Waals surface area contributed by atoms with Gasteiger partial charge in [-0.25, -0.2) is 4.39 Å². The van der Waals surface area contributed by atoms with Crippen LogP contribution in [0.1, 0.15) is 17.3 Å². The molecule has 0 unspecified atom stereocenters. The topological polar surface area (TPSA) is 43.1 Å². The van der Waals surface area contributed by atoms with Crippen molar-refractivity contribution < 1.29 is 9.18 Å². The Morgan fingerprint density at radius 1 is 1.58 bits per heavy atom. The Kier molecular flexibility index (Phi) is 2.33. The first-order valence-electron chi connectivity index (χ1n) is 3.28. The van der Waals surface area contributed by atoms with Gasteiger partial charge < -0.3 is 5.73 Å². The van der Waals surface area contributed by atoms with Crippen LogP contribution in [0, 0.1) is 5.82 Å². The Bertz CT molecular complexity index is 338. The molecular weight excluding hydrogens is 181 g/mol. The van der Waals surface area contributed by atoms with E-state index in [2.05, 4.69) is 0 Å². The molecule has 64 valence electrons. The van der Waals surface area contributed by atoms with Gasteiger partial charge >= 0.3 is 0 Å². The van der Waals surface area contributed by atoms with Crippen LogP contribution in [0.3, 0.4) is 0 Å². The number of carbonyl (C=O) groups excluding carboxylic acids is 1. The summed E-state index contributed by atoms with van der Waals surface area (Å²) in [5, 5.41) is 0.182. The Morgan fingerprint density at radius 3 is 2.67 bits per heavy atom. The lowest BCUT2D eigenvalue weighted by atomic mass is 10.1. The number of nitrogens with two attached hydrogens (primary N) is 1. The molecule has 1 rings (SSSR count). The number of halogens is 2. The molecule has 12 heavy (non-hydrogen) atoms. The molecule has 0 aliphatic heterocycles. The van der Waals surface area contributed by atoms with Gasteiger partial charge in [-0.15, -0.1) is 0 Å². The van der Waals surface area contributed by atoms with Gasteiger partial charge in [0.25, 0.3) is 0 Å². The lowest BCUT2D eigenvalue weighted by molar-refractivity contribution is 0.101. The summed E-state index contributed by atoms with van der Waals surface area (Å²) in [5.74, 6) is -0.900. The molecule has 0 atom stereocenters. The quantitative estimate of drug-likeness (QED) is 0.541. The third-order valence-electron chi connectivity index (χ3n) is 1.47. The van der Waals surface area contributed by atoms with Crippen molar-refractivity contribution in [3.63, 3.8) is 0 Å². The molecule has 4 heteroatoms. The number of nitrogen functional groups attached to an aromatic ring is 1. The van der Waals surface area contributed by atoms with Crippen molar-refractivity contribution in [2.75, 3.05) is 5.73 Å². The molecule has 2 N–H and O–H groups in total. The highest BCUT2D eigenvalue weighted by atomic mass is 35.5. The standard InChI is InChI=1S/C8H7ClFNO/c1-4(12)5-2-7(10)8(11)3-6(5)9/h2-3H,11H2,1H3. The van der Waals surface area contributed by atoms with Crippen molar-refractivity contribution in [1.29, 1.82) is 0 Å². The van der Waals surface area contributed by atoms with Gasteiger partial charge in [0.1, 0.15) is 5.82 Å². The lowest BCUT2D eigenvalue weighted by Crippen LogP contribution is -1.98. The van der Waals surface area contributed by atoms with E-state index < -0.39 is 5.82 Å². The van der Waals surface area contributed by atoms with Gasteiger partial charge in [0.15, 0.2) is 5.78 Å². The number of ketones is 1. The van der Waals surface area contributed by atoms with Crippen LogP contribution in [0.15, 0.2) is 12.1 Å². The average Bonchev–Trinajstić information content (AvgIpc) is 1.96. The van der Waals surface area contributed by atoms with Gasteiger partial charge in [0.2, 0.25) is 0 Å². The lowest BCUT2D eigenvalue weighted by Gasteiger charge is -2.01. The van der Waals surface area contributed by atoms with Crippen LogP contribution in [0.25, 0.3) is 0 Å². The summed E-state index contributed by atoms with van der Waals surface area (Å²) in [6.07, 6.45) is 0. The first-order chi connectivity index (χ1) is 5.52. The van der Waals surface area contributed by atoms with E-state index >= 15 is 0 Å². The molecule has 0 aliphatic carbocycles. The number of anilines is 1. The van der Waals surface area contributed by atoms with E-state index in [0.29, 0.717) is 0 Å². The van der Waals surface area contributed by atoms with Crippen molar-refractivity contribution in [2.45, 2.75) is 6.92 Å². The molecule has 0 bridgehead atoms. The maximum Gasteiger partial charge on any atom is 0.161 e. The summed E-state index contributed by atoms with van der Waals surface area (Å²) in [6.45, 7) is 1.32. The van der Waals surface area contributed by atoms with Crippen molar-refractivity contribution in [1.82, 2.24) is 0 Å². The van der Waals surface area contributed by atoms with Crippen LogP contribution in [0.4, 0.5) is 10.1 Å². The molecule has 0 spiro atoms. The normalized spacial score (nSPS) is 9.92. The summed E-state index contributed by atoms with van der Waals surface area (Å²) in [5.41, 5.74) is 5.32. The van der Waals surface area contributed by atoms with Crippen molar-refractivity contribution in [2.24, 2.45) is 0 Å². The van der Waals surface area contributed by atoms with E-state index in [1.54, 1.807) is 0 Å². The Balaban J connectivity index is 3.33. The van der Waals surface area contributed by atoms with Crippen LogP contribution in [-0.2, 0) is 0 Å². The smallest absolute Gasteiger partial charge is 0.161 e. The van der Waals surface area contributed by atoms with Gasteiger partial charge in [-0.05, 0) is 19.1 Å².